The van der Waals surface area contributed by atoms with Crippen LogP contribution in [0.1, 0.15) is 12.8 Å². The average molecular weight is 411 g/mol. The van der Waals surface area contributed by atoms with Crippen molar-refractivity contribution in [1.29, 1.82) is 0 Å². The molecule has 29 heavy (non-hydrogen) atoms. The summed E-state index contributed by atoms with van der Waals surface area (Å²) in [4.78, 5) is 29.4. The molecule has 0 spiro atoms. The van der Waals surface area contributed by atoms with Gasteiger partial charge in [0.15, 0.2) is 5.13 Å². The first-order valence-electron chi connectivity index (χ1n) is 9.45. The van der Waals surface area contributed by atoms with Gasteiger partial charge in [-0.05, 0) is 31.0 Å². The Labute approximate surface area is 171 Å². The number of non-ortho nitro benzene ring substituents is 1. The zero-order valence-electron chi connectivity index (χ0n) is 15.7. The smallest absolute Gasteiger partial charge is 0.270 e. The lowest BCUT2D eigenvalue weighted by atomic mass is 10.1. The van der Waals surface area contributed by atoms with Crippen LogP contribution in [0.4, 0.5) is 16.5 Å². The summed E-state index contributed by atoms with van der Waals surface area (Å²) in [5.74, 6) is -0.00428. The van der Waals surface area contributed by atoms with E-state index in [-0.39, 0.29) is 17.6 Å². The molecule has 3 aromatic rings. The maximum atomic E-state index is 12.2. The minimum atomic E-state index is -0.393. The normalized spacial score (nSPS) is 15.3. The Morgan fingerprint density at radius 1 is 1.21 bits per heavy atom. The molecular formula is C20H21N5O3S. The molecule has 1 aliphatic heterocycles. The largest absolute Gasteiger partial charge is 0.359 e. The Bertz CT molecular complexity index is 1020. The van der Waals surface area contributed by atoms with Gasteiger partial charge in [0.05, 0.1) is 21.7 Å². The van der Waals surface area contributed by atoms with E-state index in [1.807, 2.05) is 30.3 Å². The fourth-order valence-electron chi connectivity index (χ4n) is 3.42. The molecule has 0 bridgehead atoms. The number of nitro benzene ring substituents is 1. The third kappa shape index (κ3) is 4.87. The number of piperidine rings is 1. The van der Waals surface area contributed by atoms with Crippen LogP contribution in [0, 0.1) is 10.1 Å². The summed E-state index contributed by atoms with van der Waals surface area (Å²) in [6.07, 6.45) is 1.82. The van der Waals surface area contributed by atoms with E-state index in [4.69, 9.17) is 0 Å². The van der Waals surface area contributed by atoms with Gasteiger partial charge in [0.2, 0.25) is 5.91 Å². The molecule has 2 heterocycles. The van der Waals surface area contributed by atoms with Gasteiger partial charge in [0.1, 0.15) is 0 Å². The lowest BCUT2D eigenvalue weighted by Gasteiger charge is -2.31. The van der Waals surface area contributed by atoms with Crippen molar-refractivity contribution in [3.63, 3.8) is 0 Å². The van der Waals surface area contributed by atoms with E-state index in [2.05, 4.69) is 20.5 Å². The van der Waals surface area contributed by atoms with E-state index in [0.29, 0.717) is 6.54 Å². The molecule has 1 saturated heterocycles. The highest BCUT2D eigenvalue weighted by Gasteiger charge is 2.22. The number of rotatable bonds is 6. The predicted octanol–water partition coefficient (Wildman–Crippen LogP) is 3.72. The van der Waals surface area contributed by atoms with Gasteiger partial charge >= 0.3 is 0 Å². The summed E-state index contributed by atoms with van der Waals surface area (Å²) in [5.41, 5.74) is 1.65. The number of likely N-dealkylation sites (tertiary alicyclic amines) is 1. The van der Waals surface area contributed by atoms with Crippen LogP contribution in [0.2, 0.25) is 0 Å². The number of amides is 1. The number of anilines is 2. The number of benzene rings is 2. The van der Waals surface area contributed by atoms with Crippen LogP contribution in [0.3, 0.4) is 0 Å². The van der Waals surface area contributed by atoms with E-state index in [0.717, 1.165) is 47.0 Å². The van der Waals surface area contributed by atoms with Crippen molar-refractivity contribution in [3.05, 3.63) is 58.6 Å². The first kappa shape index (κ1) is 19.3. The summed E-state index contributed by atoms with van der Waals surface area (Å²) in [6.45, 7) is 2.04. The molecule has 2 aromatic carbocycles. The van der Waals surface area contributed by atoms with E-state index >= 15 is 0 Å². The van der Waals surface area contributed by atoms with Crippen LogP contribution >= 0.6 is 11.3 Å². The predicted molar refractivity (Wildman–Crippen MR) is 114 cm³/mol. The molecule has 150 valence electrons. The third-order valence-electron chi connectivity index (χ3n) is 4.92. The van der Waals surface area contributed by atoms with Crippen molar-refractivity contribution in [2.45, 2.75) is 18.9 Å². The second-order valence-electron chi connectivity index (χ2n) is 7.04. The van der Waals surface area contributed by atoms with Crippen LogP contribution in [-0.2, 0) is 4.79 Å². The fraction of sp³-hybridized carbons (Fsp3) is 0.300. The molecule has 1 fully saturated rings. The van der Waals surface area contributed by atoms with Crippen LogP contribution in [0.5, 0.6) is 0 Å². The Kier molecular flexibility index (Phi) is 5.68. The van der Waals surface area contributed by atoms with Crippen LogP contribution < -0.4 is 10.6 Å². The van der Waals surface area contributed by atoms with Gasteiger partial charge in [-0.15, -0.1) is 0 Å². The van der Waals surface area contributed by atoms with Crippen molar-refractivity contribution in [2.75, 3.05) is 30.3 Å². The molecule has 0 unspecified atom stereocenters. The standard InChI is InChI=1S/C20H21N5O3S/c26-19(21-14-4-2-1-3-5-14)13-24-10-8-15(9-11-24)22-20-23-17-7-6-16(25(27)28)12-18(17)29-20/h1-7,12,15H,8-11,13H2,(H,21,26)(H,22,23). The van der Waals surface area contributed by atoms with Gasteiger partial charge in [-0.1, -0.05) is 29.5 Å². The summed E-state index contributed by atoms with van der Waals surface area (Å²) in [6, 6.07) is 14.5. The number of hydrogen-bond donors (Lipinski definition) is 2. The van der Waals surface area contributed by atoms with Crippen molar-refractivity contribution >= 4 is 44.0 Å². The van der Waals surface area contributed by atoms with Crippen molar-refractivity contribution in [1.82, 2.24) is 9.88 Å². The molecule has 1 amide bonds. The molecule has 0 saturated carbocycles. The van der Waals surface area contributed by atoms with Gasteiger partial charge in [0.25, 0.3) is 5.69 Å². The molecule has 0 aliphatic carbocycles. The highest BCUT2D eigenvalue weighted by atomic mass is 32.1. The topological polar surface area (TPSA) is 100 Å². The average Bonchev–Trinajstić information content (AvgIpc) is 3.11. The second kappa shape index (κ2) is 8.54. The van der Waals surface area contributed by atoms with Gasteiger partial charge in [-0.2, -0.15) is 0 Å². The Hall–Kier alpha value is -3.04. The number of nitro groups is 1. The van der Waals surface area contributed by atoms with Gasteiger partial charge in [0, 0.05) is 37.0 Å². The molecule has 0 radical (unpaired) electrons. The number of nitrogens with zero attached hydrogens (tertiary/aromatic N) is 3. The van der Waals surface area contributed by atoms with E-state index in [1.54, 1.807) is 12.1 Å². The first-order valence-corrected chi connectivity index (χ1v) is 10.3. The van der Waals surface area contributed by atoms with Gasteiger partial charge < -0.3 is 10.6 Å². The summed E-state index contributed by atoms with van der Waals surface area (Å²) >= 11 is 1.43. The first-order chi connectivity index (χ1) is 14.1. The maximum Gasteiger partial charge on any atom is 0.270 e. The number of nitrogens with one attached hydrogen (secondary N) is 2. The van der Waals surface area contributed by atoms with Crippen LogP contribution in [0.15, 0.2) is 48.5 Å². The molecule has 4 rings (SSSR count). The number of thiazole rings is 1. The van der Waals surface area contributed by atoms with Crippen molar-refractivity contribution in [2.24, 2.45) is 0 Å². The van der Waals surface area contributed by atoms with E-state index < -0.39 is 4.92 Å². The Morgan fingerprint density at radius 2 is 1.97 bits per heavy atom. The highest BCUT2D eigenvalue weighted by Crippen LogP contribution is 2.30. The number of carbonyl (C=O) groups is 1. The minimum Gasteiger partial charge on any atom is -0.359 e. The zero-order chi connectivity index (χ0) is 20.2. The molecule has 1 aromatic heterocycles. The Morgan fingerprint density at radius 3 is 2.69 bits per heavy atom. The zero-order valence-corrected chi connectivity index (χ0v) is 16.5. The van der Waals surface area contributed by atoms with Gasteiger partial charge in [-0.25, -0.2) is 4.98 Å². The van der Waals surface area contributed by atoms with Crippen molar-refractivity contribution < 1.29 is 9.72 Å². The van der Waals surface area contributed by atoms with Crippen LogP contribution in [-0.4, -0.2) is 46.4 Å². The minimum absolute atomic E-state index is 0.00428. The number of para-hydroxylation sites is 1. The molecule has 0 atom stereocenters. The number of fused-ring (bicyclic) bond motifs is 1. The SMILES string of the molecule is O=C(CN1CCC(Nc2nc3ccc([N+](=O)[O-])cc3s2)CC1)Nc1ccccc1. The molecule has 1 aliphatic rings. The Balaban J connectivity index is 1.28. The second-order valence-corrected chi connectivity index (χ2v) is 8.07. The molecule has 9 heteroatoms. The fourth-order valence-corrected chi connectivity index (χ4v) is 4.40. The maximum absolute atomic E-state index is 12.2. The quantitative estimate of drug-likeness (QED) is 0.474. The summed E-state index contributed by atoms with van der Waals surface area (Å²) < 4.78 is 0.803. The molecule has 2 N–H and O–H groups in total. The van der Waals surface area contributed by atoms with E-state index in [1.165, 1.54) is 17.4 Å². The molecule has 8 nitrogen and oxygen atoms in total. The summed E-state index contributed by atoms with van der Waals surface area (Å²) in [5, 5.41) is 18.1. The third-order valence-corrected chi connectivity index (χ3v) is 5.87. The lowest BCUT2D eigenvalue weighted by molar-refractivity contribution is -0.384. The monoisotopic (exact) mass is 411 g/mol. The highest BCUT2D eigenvalue weighted by molar-refractivity contribution is 7.22. The van der Waals surface area contributed by atoms with Gasteiger partial charge in [-0.3, -0.25) is 19.8 Å². The van der Waals surface area contributed by atoms with Crippen molar-refractivity contribution in [3.8, 4) is 0 Å². The lowest BCUT2D eigenvalue weighted by Crippen LogP contribution is -2.42. The number of hydrogen-bond acceptors (Lipinski definition) is 7. The molecular weight excluding hydrogens is 390 g/mol. The van der Waals surface area contributed by atoms with Crippen LogP contribution in [0.25, 0.3) is 10.2 Å². The number of aromatic nitrogens is 1. The summed E-state index contributed by atoms with van der Waals surface area (Å²) in [7, 11) is 0. The van der Waals surface area contributed by atoms with E-state index in [9.17, 15) is 14.9 Å². The number of carbonyl (C=O) groups excluding carboxylic acids is 1.